The zero-order chi connectivity index (χ0) is 7.68. The van der Waals surface area contributed by atoms with Crippen molar-refractivity contribution in [1.29, 1.82) is 0 Å². The minimum Gasteiger partial charge on any atom is -0.453 e. The summed E-state index contributed by atoms with van der Waals surface area (Å²) in [5.41, 5.74) is 0.879. The van der Waals surface area contributed by atoms with Gasteiger partial charge in [-0.15, -0.1) is 0 Å². The number of rotatable bonds is 0. The summed E-state index contributed by atoms with van der Waals surface area (Å²) in [6, 6.07) is 8.21. The Kier molecular flexibility index (Phi) is 1.25. The van der Waals surface area contributed by atoms with Gasteiger partial charge >= 0.3 is 0 Å². The van der Waals surface area contributed by atoms with Gasteiger partial charge in [0.25, 0.3) is 0 Å². The molecule has 0 bridgehead atoms. The van der Waals surface area contributed by atoms with Crippen LogP contribution in [-0.4, -0.2) is 0 Å². The van der Waals surface area contributed by atoms with E-state index in [-0.39, 0.29) is 5.43 Å². The Morgan fingerprint density at radius 3 is 3.09 bits per heavy atom. The zero-order valence-corrected chi connectivity index (χ0v) is 5.70. The largest absolute Gasteiger partial charge is 0.453 e. The van der Waals surface area contributed by atoms with Crippen LogP contribution in [-0.2, 0) is 0 Å². The fourth-order valence-corrected chi connectivity index (χ4v) is 0.962. The summed E-state index contributed by atoms with van der Waals surface area (Å²) < 4.78 is 4.97. The summed E-state index contributed by atoms with van der Waals surface area (Å²) >= 11 is 0. The van der Waals surface area contributed by atoms with Gasteiger partial charge in [0.2, 0.25) is 0 Å². The molecule has 0 fully saturated rings. The van der Waals surface area contributed by atoms with Crippen LogP contribution in [0.3, 0.4) is 0 Å². The monoisotopic (exact) mass is 145 g/mol. The van der Waals surface area contributed by atoms with Gasteiger partial charge in [0, 0.05) is 11.6 Å². The molecule has 0 saturated heterocycles. The van der Waals surface area contributed by atoms with Crippen LogP contribution in [0.15, 0.2) is 39.5 Å². The highest BCUT2D eigenvalue weighted by Crippen LogP contribution is 2.16. The summed E-state index contributed by atoms with van der Waals surface area (Å²) in [6.45, 7) is 0. The number of hydrogen-bond donors (Lipinski definition) is 0. The first-order valence-corrected chi connectivity index (χ1v) is 3.26. The summed E-state index contributed by atoms with van der Waals surface area (Å²) in [6.07, 6.45) is 2.55. The first-order valence-electron chi connectivity index (χ1n) is 3.26. The molecule has 0 aromatic rings. The van der Waals surface area contributed by atoms with E-state index in [1.807, 2.05) is 6.07 Å². The molecule has 1 heterocycles. The molecule has 1 radical (unpaired) electrons. The summed E-state index contributed by atoms with van der Waals surface area (Å²) in [4.78, 5) is 10.8. The summed E-state index contributed by atoms with van der Waals surface area (Å²) in [5, 5.41) is 0. The van der Waals surface area contributed by atoms with Crippen molar-refractivity contribution in [3.05, 3.63) is 46.8 Å². The van der Waals surface area contributed by atoms with Crippen LogP contribution in [0.1, 0.15) is 0 Å². The third kappa shape index (κ3) is 1.03. The molecular weight excluding hydrogens is 140 g/mol. The molecule has 0 unspecified atom stereocenters. The number of fused-ring (bicyclic) bond motifs is 1. The molecule has 0 N–H and O–H groups in total. The SMILES string of the molecule is O=c1ccc2cc[c]oc-2c1. The van der Waals surface area contributed by atoms with Crippen LogP contribution in [0.5, 0.6) is 0 Å². The lowest BCUT2D eigenvalue weighted by Gasteiger charge is -1.98. The Labute approximate surface area is 63.4 Å². The van der Waals surface area contributed by atoms with Gasteiger partial charge in [0.15, 0.2) is 11.7 Å². The molecule has 0 spiro atoms. The molecule has 1 aliphatic carbocycles. The van der Waals surface area contributed by atoms with Gasteiger partial charge in [-0.1, -0.05) is 0 Å². The predicted octanol–water partition coefficient (Wildman–Crippen LogP) is 1.54. The van der Waals surface area contributed by atoms with Crippen molar-refractivity contribution >= 4 is 0 Å². The molecule has 2 aliphatic rings. The normalized spacial score (nSPS) is 10.2. The van der Waals surface area contributed by atoms with E-state index < -0.39 is 0 Å². The Hall–Kier alpha value is -1.57. The van der Waals surface area contributed by atoms with E-state index in [0.717, 1.165) is 5.56 Å². The van der Waals surface area contributed by atoms with E-state index in [4.69, 9.17) is 4.42 Å². The Balaban J connectivity index is 2.84. The highest BCUT2D eigenvalue weighted by molar-refractivity contribution is 5.57. The van der Waals surface area contributed by atoms with Crippen LogP contribution in [0.2, 0.25) is 0 Å². The fourth-order valence-electron chi connectivity index (χ4n) is 0.962. The molecule has 2 rings (SSSR count). The second-order valence-electron chi connectivity index (χ2n) is 2.25. The second-order valence-corrected chi connectivity index (χ2v) is 2.25. The van der Waals surface area contributed by atoms with E-state index in [0.29, 0.717) is 5.76 Å². The van der Waals surface area contributed by atoms with E-state index >= 15 is 0 Å². The molecular formula is C9H5O2. The summed E-state index contributed by atoms with van der Waals surface area (Å²) in [5.74, 6) is 0.583. The standard InChI is InChI=1S/C9H5O2/c10-8-4-3-7-2-1-5-11-9(7)6-8/h1-4,6H. The topological polar surface area (TPSA) is 30.2 Å². The zero-order valence-electron chi connectivity index (χ0n) is 5.70. The molecule has 11 heavy (non-hydrogen) atoms. The van der Waals surface area contributed by atoms with Crippen molar-refractivity contribution in [2.45, 2.75) is 0 Å². The quantitative estimate of drug-likeness (QED) is 0.563. The molecule has 0 amide bonds. The smallest absolute Gasteiger partial charge is 0.182 e. The van der Waals surface area contributed by atoms with Crippen molar-refractivity contribution in [3.8, 4) is 11.3 Å². The van der Waals surface area contributed by atoms with Crippen molar-refractivity contribution in [2.75, 3.05) is 0 Å². The van der Waals surface area contributed by atoms with Crippen LogP contribution in [0.4, 0.5) is 0 Å². The second kappa shape index (κ2) is 2.23. The van der Waals surface area contributed by atoms with E-state index in [2.05, 4.69) is 6.26 Å². The number of hydrogen-bond acceptors (Lipinski definition) is 2. The number of benzene rings is 1. The van der Waals surface area contributed by atoms with Gasteiger partial charge < -0.3 is 4.42 Å². The molecule has 2 heteroatoms. The van der Waals surface area contributed by atoms with Gasteiger partial charge in [-0.05, 0) is 24.3 Å². The molecule has 0 aromatic carbocycles. The van der Waals surface area contributed by atoms with Crippen LogP contribution >= 0.6 is 0 Å². The average molecular weight is 145 g/mol. The maximum Gasteiger partial charge on any atom is 0.182 e. The molecule has 0 atom stereocenters. The Morgan fingerprint density at radius 2 is 2.18 bits per heavy atom. The average Bonchev–Trinajstić information content (AvgIpc) is 2.04. The molecule has 2 nitrogen and oxygen atoms in total. The highest BCUT2D eigenvalue weighted by atomic mass is 16.3. The Bertz CT molecular complexity index is 389. The van der Waals surface area contributed by atoms with Crippen LogP contribution < -0.4 is 5.43 Å². The molecule has 1 aliphatic heterocycles. The highest BCUT2D eigenvalue weighted by Gasteiger charge is 2.00. The summed E-state index contributed by atoms with van der Waals surface area (Å²) in [7, 11) is 0. The van der Waals surface area contributed by atoms with E-state index in [9.17, 15) is 4.79 Å². The predicted molar refractivity (Wildman–Crippen MR) is 40.4 cm³/mol. The van der Waals surface area contributed by atoms with Gasteiger partial charge in [0.05, 0.1) is 0 Å². The van der Waals surface area contributed by atoms with Crippen molar-refractivity contribution in [1.82, 2.24) is 0 Å². The maximum atomic E-state index is 10.8. The van der Waals surface area contributed by atoms with Gasteiger partial charge in [-0.25, -0.2) is 0 Å². The minimum atomic E-state index is -0.0409. The van der Waals surface area contributed by atoms with E-state index in [1.54, 1.807) is 12.1 Å². The third-order valence-corrected chi connectivity index (χ3v) is 1.48. The lowest BCUT2D eigenvalue weighted by Crippen LogP contribution is -1.96. The maximum absolute atomic E-state index is 10.8. The van der Waals surface area contributed by atoms with E-state index in [1.165, 1.54) is 12.1 Å². The fraction of sp³-hybridized carbons (Fsp3) is 0. The third-order valence-electron chi connectivity index (χ3n) is 1.48. The minimum absolute atomic E-state index is 0.0409. The lowest BCUT2D eigenvalue weighted by molar-refractivity contribution is 0.555. The first kappa shape index (κ1) is 6.16. The molecule has 0 aromatic heterocycles. The van der Waals surface area contributed by atoms with Gasteiger partial charge in [-0.3, -0.25) is 4.79 Å². The van der Waals surface area contributed by atoms with Gasteiger partial charge in [0.1, 0.15) is 5.76 Å². The molecule has 0 saturated carbocycles. The van der Waals surface area contributed by atoms with Crippen molar-refractivity contribution < 1.29 is 4.42 Å². The molecule has 53 valence electrons. The van der Waals surface area contributed by atoms with Crippen molar-refractivity contribution in [3.63, 3.8) is 0 Å². The van der Waals surface area contributed by atoms with Crippen LogP contribution in [0.25, 0.3) is 11.3 Å². The first-order chi connectivity index (χ1) is 5.36. The lowest BCUT2D eigenvalue weighted by atomic mass is 10.1. The Morgan fingerprint density at radius 1 is 1.27 bits per heavy atom. The van der Waals surface area contributed by atoms with Crippen molar-refractivity contribution in [2.24, 2.45) is 0 Å². The van der Waals surface area contributed by atoms with Crippen LogP contribution in [0, 0.1) is 6.26 Å². The van der Waals surface area contributed by atoms with Gasteiger partial charge in [-0.2, -0.15) is 0 Å².